The van der Waals surface area contributed by atoms with E-state index in [1.54, 1.807) is 36.4 Å². The van der Waals surface area contributed by atoms with E-state index in [-0.39, 0.29) is 11.4 Å². The Bertz CT molecular complexity index is 1030. The Labute approximate surface area is 162 Å². The molecule has 2 aromatic carbocycles. The number of esters is 1. The average Bonchev–Trinajstić information content (AvgIpc) is 3.08. The number of aryl methyl sites for hydroxylation is 1. The largest absolute Gasteiger partial charge is 0.452 e. The van der Waals surface area contributed by atoms with Gasteiger partial charge in [-0.3, -0.25) is 4.79 Å². The van der Waals surface area contributed by atoms with Gasteiger partial charge in [0.15, 0.2) is 6.61 Å². The molecule has 0 saturated heterocycles. The Morgan fingerprint density at radius 2 is 1.89 bits per heavy atom. The molecular weight excluding hydrogens is 356 g/mol. The smallest absolute Gasteiger partial charge is 0.338 e. The summed E-state index contributed by atoms with van der Waals surface area (Å²) in [5.74, 6) is -1.12. The van der Waals surface area contributed by atoms with Gasteiger partial charge in [0.2, 0.25) is 5.76 Å². The van der Waals surface area contributed by atoms with E-state index in [9.17, 15) is 14.9 Å². The van der Waals surface area contributed by atoms with Crippen LogP contribution in [0.5, 0.6) is 0 Å². The molecule has 0 atom stereocenters. The van der Waals surface area contributed by atoms with E-state index in [0.29, 0.717) is 16.5 Å². The number of fused-ring (bicyclic) bond motifs is 1. The van der Waals surface area contributed by atoms with Crippen LogP contribution in [0.4, 0.5) is 5.69 Å². The summed E-state index contributed by atoms with van der Waals surface area (Å²) in [5.41, 5.74) is 2.32. The Morgan fingerprint density at radius 3 is 2.61 bits per heavy atom. The van der Waals surface area contributed by atoms with Crippen LogP contribution in [0.2, 0.25) is 0 Å². The lowest BCUT2D eigenvalue weighted by Crippen LogP contribution is -2.21. The second-order valence-corrected chi connectivity index (χ2v) is 6.34. The Balaban J connectivity index is 1.60. The summed E-state index contributed by atoms with van der Waals surface area (Å²) in [7, 11) is 0. The first kappa shape index (κ1) is 19.2. The zero-order chi connectivity index (χ0) is 19.9. The molecule has 142 valence electrons. The van der Waals surface area contributed by atoms with Crippen molar-refractivity contribution in [2.75, 3.05) is 11.9 Å². The summed E-state index contributed by atoms with van der Waals surface area (Å²) in [6.45, 7) is 1.67. The maximum Gasteiger partial charge on any atom is 0.338 e. The summed E-state index contributed by atoms with van der Waals surface area (Å²) in [4.78, 5) is 24.3. The molecule has 1 amide bonds. The van der Waals surface area contributed by atoms with Crippen LogP contribution in [-0.4, -0.2) is 18.5 Å². The van der Waals surface area contributed by atoms with E-state index in [0.717, 1.165) is 24.8 Å². The molecule has 0 unspecified atom stereocenters. The lowest BCUT2D eigenvalue weighted by molar-refractivity contribution is -0.119. The Kier molecular flexibility index (Phi) is 6.07. The molecule has 0 spiro atoms. The predicted molar refractivity (Wildman–Crippen MR) is 105 cm³/mol. The van der Waals surface area contributed by atoms with Crippen LogP contribution in [0.1, 0.15) is 41.4 Å². The second-order valence-electron chi connectivity index (χ2n) is 6.34. The Hall–Kier alpha value is -3.59. The molecule has 6 heteroatoms. The number of anilines is 1. The number of carbonyl (C=O) groups is 2. The molecule has 0 aliphatic carbocycles. The minimum atomic E-state index is -0.574. The highest BCUT2D eigenvalue weighted by atomic mass is 16.5. The van der Waals surface area contributed by atoms with E-state index in [2.05, 4.69) is 12.2 Å². The number of hydrogen-bond acceptors (Lipinski definition) is 5. The second kappa shape index (κ2) is 8.87. The van der Waals surface area contributed by atoms with Crippen LogP contribution in [0.3, 0.4) is 0 Å². The normalized spacial score (nSPS) is 10.4. The first-order chi connectivity index (χ1) is 13.6. The molecule has 0 aliphatic heterocycles. The number of ether oxygens (including phenoxy) is 1. The summed E-state index contributed by atoms with van der Waals surface area (Å²) < 4.78 is 10.5. The molecule has 0 radical (unpaired) electrons. The maximum atomic E-state index is 12.2. The number of furan rings is 1. The van der Waals surface area contributed by atoms with Crippen LogP contribution in [0, 0.1) is 11.3 Å². The highest BCUT2D eigenvalue weighted by Gasteiger charge is 2.17. The van der Waals surface area contributed by atoms with Gasteiger partial charge in [-0.25, -0.2) is 4.79 Å². The topological polar surface area (TPSA) is 92.3 Å². The minimum absolute atomic E-state index is 0.00328. The number of para-hydroxylation sites is 1. The quantitative estimate of drug-likeness (QED) is 0.615. The van der Waals surface area contributed by atoms with Crippen molar-refractivity contribution in [3.05, 3.63) is 65.4 Å². The van der Waals surface area contributed by atoms with Gasteiger partial charge >= 0.3 is 5.97 Å². The molecule has 1 N–H and O–H groups in total. The van der Waals surface area contributed by atoms with Crippen molar-refractivity contribution in [3.63, 3.8) is 0 Å². The molecule has 28 heavy (non-hydrogen) atoms. The zero-order valence-electron chi connectivity index (χ0n) is 15.5. The fourth-order valence-electron chi connectivity index (χ4n) is 2.83. The number of unbranched alkanes of at least 4 members (excludes halogenated alkanes) is 1. The SMILES string of the molecule is CCCCc1ccc(C(=O)OCC(=O)Nc2c(C#N)oc3ccccc23)cc1. The van der Waals surface area contributed by atoms with Gasteiger partial charge in [0, 0.05) is 5.39 Å². The highest BCUT2D eigenvalue weighted by Crippen LogP contribution is 2.30. The van der Waals surface area contributed by atoms with Crippen molar-refractivity contribution in [2.24, 2.45) is 0 Å². The summed E-state index contributed by atoms with van der Waals surface area (Å²) in [6, 6.07) is 16.1. The third kappa shape index (κ3) is 4.38. The third-order valence-electron chi connectivity index (χ3n) is 4.30. The van der Waals surface area contributed by atoms with Crippen LogP contribution in [0.25, 0.3) is 11.0 Å². The van der Waals surface area contributed by atoms with Gasteiger partial charge in [0.05, 0.1) is 5.56 Å². The van der Waals surface area contributed by atoms with E-state index in [1.165, 1.54) is 0 Å². The fourth-order valence-corrected chi connectivity index (χ4v) is 2.83. The number of carbonyl (C=O) groups excluding carboxylic acids is 2. The van der Waals surface area contributed by atoms with E-state index < -0.39 is 18.5 Å². The highest BCUT2D eigenvalue weighted by molar-refractivity contribution is 6.03. The summed E-state index contributed by atoms with van der Waals surface area (Å²) in [6.07, 6.45) is 3.17. The number of hydrogen-bond donors (Lipinski definition) is 1. The Morgan fingerprint density at radius 1 is 1.14 bits per heavy atom. The minimum Gasteiger partial charge on any atom is -0.452 e. The molecule has 0 saturated carbocycles. The third-order valence-corrected chi connectivity index (χ3v) is 4.30. The molecule has 3 rings (SSSR count). The van der Waals surface area contributed by atoms with Gasteiger partial charge in [0.25, 0.3) is 5.91 Å². The predicted octanol–water partition coefficient (Wildman–Crippen LogP) is 4.44. The molecule has 1 aromatic heterocycles. The van der Waals surface area contributed by atoms with Crippen molar-refractivity contribution in [3.8, 4) is 6.07 Å². The number of nitriles is 1. The first-order valence-electron chi connectivity index (χ1n) is 9.10. The molecule has 0 bridgehead atoms. The average molecular weight is 376 g/mol. The van der Waals surface area contributed by atoms with Gasteiger partial charge < -0.3 is 14.5 Å². The first-order valence-corrected chi connectivity index (χ1v) is 9.10. The molecule has 3 aromatic rings. The van der Waals surface area contributed by atoms with Crippen molar-refractivity contribution in [1.82, 2.24) is 0 Å². The molecule has 1 heterocycles. The summed E-state index contributed by atoms with van der Waals surface area (Å²) in [5, 5.41) is 12.4. The standard InChI is InChI=1S/C22H20N2O4/c1-2-3-6-15-9-11-16(12-10-15)22(26)27-14-20(25)24-21-17-7-4-5-8-18(17)28-19(21)13-23/h4-5,7-12H,2-3,6,14H2,1H3,(H,24,25). The van der Waals surface area contributed by atoms with Crippen LogP contribution in [-0.2, 0) is 16.0 Å². The van der Waals surface area contributed by atoms with Crippen molar-refractivity contribution in [2.45, 2.75) is 26.2 Å². The molecule has 6 nitrogen and oxygen atoms in total. The number of nitrogens with one attached hydrogen (secondary N) is 1. The van der Waals surface area contributed by atoms with Gasteiger partial charge in [-0.1, -0.05) is 37.6 Å². The number of nitrogens with zero attached hydrogens (tertiary/aromatic N) is 1. The number of amides is 1. The van der Waals surface area contributed by atoms with E-state index in [4.69, 9.17) is 9.15 Å². The van der Waals surface area contributed by atoms with Gasteiger partial charge in [-0.2, -0.15) is 5.26 Å². The van der Waals surface area contributed by atoms with Crippen molar-refractivity contribution >= 4 is 28.5 Å². The molecular formula is C22H20N2O4. The van der Waals surface area contributed by atoms with Crippen molar-refractivity contribution < 1.29 is 18.7 Å². The van der Waals surface area contributed by atoms with Gasteiger partial charge in [-0.15, -0.1) is 0 Å². The van der Waals surface area contributed by atoms with E-state index >= 15 is 0 Å². The molecule has 0 aliphatic rings. The number of rotatable bonds is 7. The van der Waals surface area contributed by atoms with Crippen LogP contribution in [0.15, 0.2) is 52.9 Å². The summed E-state index contributed by atoms with van der Waals surface area (Å²) >= 11 is 0. The molecule has 0 fully saturated rings. The number of benzene rings is 2. The van der Waals surface area contributed by atoms with Gasteiger partial charge in [0.1, 0.15) is 17.3 Å². The lowest BCUT2D eigenvalue weighted by Gasteiger charge is -2.07. The monoisotopic (exact) mass is 376 g/mol. The fraction of sp³-hybridized carbons (Fsp3) is 0.227. The van der Waals surface area contributed by atoms with E-state index in [1.807, 2.05) is 18.2 Å². The zero-order valence-corrected chi connectivity index (χ0v) is 15.5. The van der Waals surface area contributed by atoms with Crippen LogP contribution >= 0.6 is 0 Å². The van der Waals surface area contributed by atoms with Gasteiger partial charge in [-0.05, 0) is 42.7 Å². The lowest BCUT2D eigenvalue weighted by atomic mass is 10.1. The van der Waals surface area contributed by atoms with Crippen LogP contribution < -0.4 is 5.32 Å². The van der Waals surface area contributed by atoms with Crippen molar-refractivity contribution in [1.29, 1.82) is 5.26 Å². The maximum absolute atomic E-state index is 12.2.